The molecule has 2 rings (SSSR count). The molecule has 0 amide bonds. The molecule has 4 nitrogen and oxygen atoms in total. The van der Waals surface area contributed by atoms with E-state index in [4.69, 9.17) is 9.47 Å². The minimum Gasteiger partial charge on any atom is -0.492 e. The number of aliphatic hydroxyl groups is 1. The van der Waals surface area contributed by atoms with Gasteiger partial charge in [-0.15, -0.1) is 0 Å². The van der Waals surface area contributed by atoms with Crippen LogP contribution in [0.1, 0.15) is 25.8 Å². The predicted octanol–water partition coefficient (Wildman–Crippen LogP) is 2.01. The molecule has 1 aromatic rings. The second-order valence-corrected chi connectivity index (χ2v) is 5.69. The average molecular weight is 265 g/mol. The average Bonchev–Trinajstić information content (AvgIpc) is 2.73. The van der Waals surface area contributed by atoms with E-state index >= 15 is 0 Å². The number of nitrogens with zero attached hydrogens (tertiary/aromatic N) is 1. The number of benzene rings is 1. The third-order valence-corrected chi connectivity index (χ3v) is 3.48. The zero-order valence-electron chi connectivity index (χ0n) is 12.1. The lowest BCUT2D eigenvalue weighted by Crippen LogP contribution is -2.22. The molecule has 1 N–H and O–H groups in total. The Labute approximate surface area is 114 Å². The third kappa shape index (κ3) is 3.19. The second-order valence-electron chi connectivity index (χ2n) is 5.69. The van der Waals surface area contributed by atoms with Crippen LogP contribution in [0.5, 0.6) is 11.5 Å². The SMILES string of the molecule is COc1c(OC2CCN(C)C2)cccc1C(C)(C)O. The van der Waals surface area contributed by atoms with E-state index in [1.165, 1.54) is 0 Å². The van der Waals surface area contributed by atoms with Gasteiger partial charge in [-0.2, -0.15) is 0 Å². The van der Waals surface area contributed by atoms with Crippen molar-refractivity contribution in [1.82, 2.24) is 4.90 Å². The lowest BCUT2D eigenvalue weighted by atomic mass is 9.97. The van der Waals surface area contributed by atoms with Crippen LogP contribution >= 0.6 is 0 Å². The summed E-state index contributed by atoms with van der Waals surface area (Å²) in [6.45, 7) is 5.48. The van der Waals surface area contributed by atoms with E-state index in [0.29, 0.717) is 11.5 Å². The van der Waals surface area contributed by atoms with Crippen LogP contribution < -0.4 is 9.47 Å². The third-order valence-electron chi connectivity index (χ3n) is 3.48. The molecule has 4 heteroatoms. The van der Waals surface area contributed by atoms with Crippen molar-refractivity contribution in [3.05, 3.63) is 23.8 Å². The molecule has 0 saturated carbocycles. The maximum atomic E-state index is 10.2. The molecule has 19 heavy (non-hydrogen) atoms. The molecule has 1 saturated heterocycles. The van der Waals surface area contributed by atoms with Crippen LogP contribution in [-0.4, -0.2) is 43.4 Å². The Hall–Kier alpha value is -1.26. The van der Waals surface area contributed by atoms with Gasteiger partial charge in [0, 0.05) is 18.7 Å². The maximum absolute atomic E-state index is 10.2. The van der Waals surface area contributed by atoms with Crippen molar-refractivity contribution < 1.29 is 14.6 Å². The zero-order valence-corrected chi connectivity index (χ0v) is 12.1. The van der Waals surface area contributed by atoms with E-state index in [0.717, 1.165) is 25.1 Å². The van der Waals surface area contributed by atoms with Gasteiger partial charge >= 0.3 is 0 Å². The fourth-order valence-corrected chi connectivity index (χ4v) is 2.47. The number of rotatable bonds is 4. The minimum atomic E-state index is -0.947. The Morgan fingerprint density at radius 2 is 2.11 bits per heavy atom. The van der Waals surface area contributed by atoms with Gasteiger partial charge in [0.25, 0.3) is 0 Å². The lowest BCUT2D eigenvalue weighted by molar-refractivity contribution is 0.0745. The first-order valence-corrected chi connectivity index (χ1v) is 6.67. The molecule has 0 bridgehead atoms. The first-order valence-electron chi connectivity index (χ1n) is 6.67. The highest BCUT2D eigenvalue weighted by Gasteiger charge is 2.26. The summed E-state index contributed by atoms with van der Waals surface area (Å²) in [4.78, 5) is 2.25. The zero-order chi connectivity index (χ0) is 14.0. The van der Waals surface area contributed by atoms with Gasteiger partial charge < -0.3 is 19.5 Å². The van der Waals surface area contributed by atoms with Gasteiger partial charge in [-0.25, -0.2) is 0 Å². The van der Waals surface area contributed by atoms with E-state index in [1.54, 1.807) is 21.0 Å². The van der Waals surface area contributed by atoms with Crippen molar-refractivity contribution in [2.75, 3.05) is 27.2 Å². The van der Waals surface area contributed by atoms with Crippen molar-refractivity contribution in [3.8, 4) is 11.5 Å². The smallest absolute Gasteiger partial charge is 0.166 e. The largest absolute Gasteiger partial charge is 0.492 e. The molecule has 1 aliphatic heterocycles. The molecule has 1 atom stereocenters. The van der Waals surface area contributed by atoms with Gasteiger partial charge in [-0.3, -0.25) is 0 Å². The van der Waals surface area contributed by atoms with Crippen molar-refractivity contribution >= 4 is 0 Å². The van der Waals surface area contributed by atoms with Crippen molar-refractivity contribution in [3.63, 3.8) is 0 Å². The van der Waals surface area contributed by atoms with Crippen LogP contribution in [0.4, 0.5) is 0 Å². The van der Waals surface area contributed by atoms with Crippen molar-refractivity contribution in [1.29, 1.82) is 0 Å². The standard InChI is InChI=1S/C15H23NO3/c1-15(2,17)12-6-5-7-13(14(12)18-4)19-11-8-9-16(3)10-11/h5-7,11,17H,8-10H2,1-4H3. The molecule has 1 unspecified atom stereocenters. The van der Waals surface area contributed by atoms with Crippen LogP contribution in [0.25, 0.3) is 0 Å². The predicted molar refractivity (Wildman–Crippen MR) is 74.8 cm³/mol. The number of likely N-dealkylation sites (N-methyl/N-ethyl adjacent to an activating group) is 1. The Morgan fingerprint density at radius 1 is 1.37 bits per heavy atom. The van der Waals surface area contributed by atoms with E-state index in [-0.39, 0.29) is 6.10 Å². The van der Waals surface area contributed by atoms with E-state index in [1.807, 2.05) is 18.2 Å². The van der Waals surface area contributed by atoms with Crippen LogP contribution in [0.3, 0.4) is 0 Å². The summed E-state index contributed by atoms with van der Waals surface area (Å²) in [5, 5.41) is 10.2. The Kier molecular flexibility index (Phi) is 4.02. The van der Waals surface area contributed by atoms with Gasteiger partial charge in [0.2, 0.25) is 0 Å². The number of hydrogen-bond acceptors (Lipinski definition) is 4. The van der Waals surface area contributed by atoms with Gasteiger partial charge in [0.05, 0.1) is 12.7 Å². The number of methoxy groups -OCH3 is 1. The van der Waals surface area contributed by atoms with E-state index in [9.17, 15) is 5.11 Å². The summed E-state index contributed by atoms with van der Waals surface area (Å²) >= 11 is 0. The van der Waals surface area contributed by atoms with Crippen LogP contribution in [0.2, 0.25) is 0 Å². The number of likely N-dealkylation sites (tertiary alicyclic amines) is 1. The molecular weight excluding hydrogens is 242 g/mol. The van der Waals surface area contributed by atoms with Gasteiger partial charge in [0.15, 0.2) is 11.5 Å². The van der Waals surface area contributed by atoms with Gasteiger partial charge in [-0.1, -0.05) is 12.1 Å². The topological polar surface area (TPSA) is 41.9 Å². The number of hydrogen-bond donors (Lipinski definition) is 1. The van der Waals surface area contributed by atoms with Crippen molar-refractivity contribution in [2.24, 2.45) is 0 Å². The fourth-order valence-electron chi connectivity index (χ4n) is 2.47. The van der Waals surface area contributed by atoms with Crippen molar-refractivity contribution in [2.45, 2.75) is 32.0 Å². The summed E-state index contributed by atoms with van der Waals surface area (Å²) in [5.74, 6) is 1.34. The van der Waals surface area contributed by atoms with Crippen LogP contribution in [0, 0.1) is 0 Å². The molecule has 0 aromatic heterocycles. The molecule has 0 aliphatic carbocycles. The fraction of sp³-hybridized carbons (Fsp3) is 0.600. The summed E-state index contributed by atoms with van der Waals surface area (Å²) in [7, 11) is 3.70. The van der Waals surface area contributed by atoms with E-state index < -0.39 is 5.60 Å². The first-order chi connectivity index (χ1) is 8.91. The van der Waals surface area contributed by atoms with Crippen LogP contribution in [0.15, 0.2) is 18.2 Å². The first kappa shape index (κ1) is 14.2. The molecule has 1 aromatic carbocycles. The maximum Gasteiger partial charge on any atom is 0.166 e. The number of ether oxygens (including phenoxy) is 2. The Balaban J connectivity index is 2.25. The molecule has 1 heterocycles. The number of para-hydroxylation sites is 1. The molecule has 0 spiro atoms. The molecule has 1 aliphatic rings. The molecular formula is C15H23NO3. The van der Waals surface area contributed by atoms with Gasteiger partial charge in [-0.05, 0) is 33.4 Å². The highest BCUT2D eigenvalue weighted by atomic mass is 16.5. The summed E-state index contributed by atoms with van der Waals surface area (Å²) in [5.41, 5.74) is -0.198. The molecule has 0 radical (unpaired) electrons. The molecule has 1 fully saturated rings. The lowest BCUT2D eigenvalue weighted by Gasteiger charge is -2.24. The van der Waals surface area contributed by atoms with E-state index in [2.05, 4.69) is 11.9 Å². The highest BCUT2D eigenvalue weighted by Crippen LogP contribution is 2.38. The Morgan fingerprint density at radius 3 is 2.63 bits per heavy atom. The normalized spacial score (nSPS) is 20.6. The minimum absolute atomic E-state index is 0.191. The highest BCUT2D eigenvalue weighted by molar-refractivity contribution is 5.49. The second kappa shape index (κ2) is 5.39. The van der Waals surface area contributed by atoms with Crippen LogP contribution in [-0.2, 0) is 5.60 Å². The summed E-state index contributed by atoms with van der Waals surface area (Å²) in [6, 6.07) is 5.66. The van der Waals surface area contributed by atoms with Gasteiger partial charge in [0.1, 0.15) is 6.10 Å². The summed E-state index contributed by atoms with van der Waals surface area (Å²) in [6.07, 6.45) is 1.21. The quantitative estimate of drug-likeness (QED) is 0.904. The molecule has 106 valence electrons. The summed E-state index contributed by atoms with van der Waals surface area (Å²) < 4.78 is 11.5. The monoisotopic (exact) mass is 265 g/mol. The Bertz CT molecular complexity index is 440.